The summed E-state index contributed by atoms with van der Waals surface area (Å²) in [6.45, 7) is 0. The van der Waals surface area contributed by atoms with Crippen LogP contribution in [0.3, 0.4) is 0 Å². The number of hydrogen-bond donors (Lipinski definition) is 0. The smallest absolute Gasteiger partial charge is 0.0462 e. The molecule has 10 aromatic rings. The Balaban J connectivity index is 0.979. The second kappa shape index (κ2) is 13.9. The van der Waals surface area contributed by atoms with Gasteiger partial charge in [0, 0.05) is 57.4 Å². The molecule has 0 spiro atoms. The van der Waals surface area contributed by atoms with Crippen molar-refractivity contribution in [1.82, 2.24) is 0 Å². The minimum absolute atomic E-state index is 0.729. The van der Waals surface area contributed by atoms with Gasteiger partial charge in [-0.1, -0.05) is 134 Å². The minimum Gasteiger partial charge on any atom is -0.311 e. The molecule has 3 heteroatoms. The molecule has 0 N–H and O–H groups in total. The maximum Gasteiger partial charge on any atom is 0.0462 e. The molecule has 56 heavy (non-hydrogen) atoms. The molecule has 2 aromatic heterocycles. The number of rotatable bonds is 7. The SMILES string of the molecule is c1ccc2c(c1)sc1cccc(-c3ccc(N(c4ccc(-c5ccc(C6CCCC6)cc5)cc4)c4ccc(-c5cccc6sc7ccccc7c56)cc4)cc3)c12. The van der Waals surface area contributed by atoms with E-state index in [1.165, 1.54) is 105 Å². The lowest BCUT2D eigenvalue weighted by molar-refractivity contribution is 0.723. The molecule has 1 aliphatic rings. The molecule has 0 bridgehead atoms. The van der Waals surface area contributed by atoms with E-state index in [4.69, 9.17) is 0 Å². The highest BCUT2D eigenvalue weighted by atomic mass is 32.1. The van der Waals surface area contributed by atoms with Crippen molar-refractivity contribution >= 4 is 80.1 Å². The van der Waals surface area contributed by atoms with Gasteiger partial charge in [-0.25, -0.2) is 0 Å². The van der Waals surface area contributed by atoms with Crippen LogP contribution in [0.5, 0.6) is 0 Å². The average Bonchev–Trinajstić information content (AvgIpc) is 4.03. The van der Waals surface area contributed by atoms with E-state index in [2.05, 4.69) is 187 Å². The summed E-state index contributed by atoms with van der Waals surface area (Å²) >= 11 is 3.74. The summed E-state index contributed by atoms with van der Waals surface area (Å²) in [5.41, 5.74) is 12.4. The van der Waals surface area contributed by atoms with Crippen LogP contribution in [-0.4, -0.2) is 0 Å². The first-order valence-corrected chi connectivity index (χ1v) is 21.4. The van der Waals surface area contributed by atoms with Crippen LogP contribution < -0.4 is 4.90 Å². The van der Waals surface area contributed by atoms with Gasteiger partial charge in [-0.2, -0.15) is 0 Å². The molecule has 0 amide bonds. The van der Waals surface area contributed by atoms with E-state index in [-0.39, 0.29) is 0 Å². The van der Waals surface area contributed by atoms with E-state index in [0.717, 1.165) is 23.0 Å². The monoisotopic (exact) mass is 753 g/mol. The highest BCUT2D eigenvalue weighted by Crippen LogP contribution is 2.44. The summed E-state index contributed by atoms with van der Waals surface area (Å²) in [6.07, 6.45) is 5.37. The Morgan fingerprint density at radius 3 is 1.21 bits per heavy atom. The van der Waals surface area contributed by atoms with Crippen molar-refractivity contribution in [2.75, 3.05) is 4.90 Å². The van der Waals surface area contributed by atoms with Crippen molar-refractivity contribution in [1.29, 1.82) is 0 Å². The van der Waals surface area contributed by atoms with Crippen molar-refractivity contribution in [2.45, 2.75) is 31.6 Å². The standard InChI is InChI=1S/C53H39NS2/c1-2-10-35(9-1)36-19-21-37(22-20-36)38-23-29-41(30-24-38)54(42-31-25-39(26-32-42)44-13-7-17-50-52(44)46-11-3-5-15-48(46)55-50)43-33-27-40(28-34-43)45-14-8-18-51-53(45)47-12-4-6-16-49(47)56-51/h3-8,11-35H,1-2,9-10H2. The third-order valence-electron chi connectivity index (χ3n) is 11.9. The summed E-state index contributed by atoms with van der Waals surface area (Å²) in [5, 5.41) is 5.34. The van der Waals surface area contributed by atoms with Crippen molar-refractivity contribution < 1.29 is 0 Å². The van der Waals surface area contributed by atoms with Gasteiger partial charge >= 0.3 is 0 Å². The molecule has 0 unspecified atom stereocenters. The van der Waals surface area contributed by atoms with Gasteiger partial charge in [0.2, 0.25) is 0 Å². The molecule has 268 valence electrons. The summed E-state index contributed by atoms with van der Waals surface area (Å²) < 4.78 is 5.32. The molecule has 0 atom stereocenters. The van der Waals surface area contributed by atoms with Crippen LogP contribution in [0, 0.1) is 0 Å². The molecule has 0 aliphatic heterocycles. The zero-order valence-electron chi connectivity index (χ0n) is 31.0. The fraction of sp³-hybridized carbons (Fsp3) is 0.0943. The summed E-state index contributed by atoms with van der Waals surface area (Å²) in [4.78, 5) is 2.39. The highest BCUT2D eigenvalue weighted by molar-refractivity contribution is 7.26. The number of hydrogen-bond acceptors (Lipinski definition) is 3. The van der Waals surface area contributed by atoms with Crippen molar-refractivity contribution in [2.24, 2.45) is 0 Å². The molecule has 1 saturated carbocycles. The Morgan fingerprint density at radius 2 is 0.750 bits per heavy atom. The van der Waals surface area contributed by atoms with E-state index >= 15 is 0 Å². The number of benzene rings is 8. The molecule has 1 fully saturated rings. The van der Waals surface area contributed by atoms with Crippen LogP contribution >= 0.6 is 22.7 Å². The highest BCUT2D eigenvalue weighted by Gasteiger charge is 2.19. The lowest BCUT2D eigenvalue weighted by Crippen LogP contribution is -2.09. The third kappa shape index (κ3) is 5.82. The van der Waals surface area contributed by atoms with Gasteiger partial charge in [-0.15, -0.1) is 22.7 Å². The van der Waals surface area contributed by atoms with Gasteiger partial charge in [0.25, 0.3) is 0 Å². The largest absolute Gasteiger partial charge is 0.311 e. The maximum atomic E-state index is 2.39. The Kier molecular flexibility index (Phi) is 8.30. The summed E-state index contributed by atoms with van der Waals surface area (Å²) in [6, 6.07) is 67.7. The van der Waals surface area contributed by atoms with Gasteiger partial charge in [0.15, 0.2) is 0 Å². The Bertz CT molecular complexity index is 2840. The first-order valence-electron chi connectivity index (χ1n) is 19.8. The van der Waals surface area contributed by atoms with Crippen molar-refractivity contribution in [3.8, 4) is 33.4 Å². The number of anilines is 3. The second-order valence-corrected chi connectivity index (χ2v) is 17.3. The van der Waals surface area contributed by atoms with Gasteiger partial charge in [-0.3, -0.25) is 0 Å². The van der Waals surface area contributed by atoms with Crippen molar-refractivity contribution in [3.05, 3.63) is 188 Å². The lowest BCUT2D eigenvalue weighted by Gasteiger charge is -2.26. The first-order chi connectivity index (χ1) is 27.7. The normalized spacial score (nSPS) is 13.4. The molecule has 2 heterocycles. The van der Waals surface area contributed by atoms with Crippen LogP contribution in [0.2, 0.25) is 0 Å². The molecule has 0 saturated heterocycles. The van der Waals surface area contributed by atoms with Gasteiger partial charge in [0.1, 0.15) is 0 Å². The fourth-order valence-electron chi connectivity index (χ4n) is 9.07. The lowest BCUT2D eigenvalue weighted by atomic mass is 9.95. The van der Waals surface area contributed by atoms with Crippen LogP contribution in [-0.2, 0) is 0 Å². The van der Waals surface area contributed by atoms with Crippen LogP contribution in [0.15, 0.2) is 182 Å². The Hall–Kier alpha value is -6.00. The molecule has 1 aliphatic carbocycles. The molecule has 8 aromatic carbocycles. The quantitative estimate of drug-likeness (QED) is 0.157. The predicted molar refractivity (Wildman–Crippen MR) is 244 cm³/mol. The molecule has 11 rings (SSSR count). The van der Waals surface area contributed by atoms with Gasteiger partial charge in [0.05, 0.1) is 0 Å². The van der Waals surface area contributed by atoms with Gasteiger partial charge < -0.3 is 4.90 Å². The number of thiophene rings is 2. The van der Waals surface area contributed by atoms with Crippen molar-refractivity contribution in [3.63, 3.8) is 0 Å². The second-order valence-electron chi connectivity index (χ2n) is 15.1. The predicted octanol–water partition coefficient (Wildman–Crippen LogP) is 16.6. The Labute approximate surface area is 335 Å². The third-order valence-corrected chi connectivity index (χ3v) is 14.1. The Morgan fingerprint density at radius 1 is 0.357 bits per heavy atom. The number of nitrogens with zero attached hydrogens (tertiary/aromatic N) is 1. The van der Waals surface area contributed by atoms with Gasteiger partial charge in [-0.05, 0) is 118 Å². The maximum absolute atomic E-state index is 2.39. The molecule has 0 radical (unpaired) electrons. The van der Waals surface area contributed by atoms with E-state index < -0.39 is 0 Å². The molecule has 1 nitrogen and oxygen atoms in total. The topological polar surface area (TPSA) is 3.24 Å². The fourth-order valence-corrected chi connectivity index (χ4v) is 11.3. The summed E-state index contributed by atoms with van der Waals surface area (Å²) in [5.74, 6) is 0.729. The van der Waals surface area contributed by atoms with E-state index in [1.54, 1.807) is 0 Å². The first kappa shape index (κ1) is 33.3. The number of fused-ring (bicyclic) bond motifs is 6. The van der Waals surface area contributed by atoms with E-state index in [0.29, 0.717) is 0 Å². The minimum atomic E-state index is 0.729. The molecular formula is C53H39NS2. The van der Waals surface area contributed by atoms with Crippen LogP contribution in [0.25, 0.3) is 73.7 Å². The zero-order chi connectivity index (χ0) is 37.0. The zero-order valence-corrected chi connectivity index (χ0v) is 32.6. The summed E-state index contributed by atoms with van der Waals surface area (Å²) in [7, 11) is 0. The van der Waals surface area contributed by atoms with Crippen LogP contribution in [0.4, 0.5) is 17.1 Å². The average molecular weight is 754 g/mol. The van der Waals surface area contributed by atoms with E-state index in [1.807, 2.05) is 22.7 Å². The van der Waals surface area contributed by atoms with E-state index in [9.17, 15) is 0 Å². The van der Waals surface area contributed by atoms with Crippen LogP contribution in [0.1, 0.15) is 37.2 Å². The molecular weight excluding hydrogens is 715 g/mol.